The van der Waals surface area contributed by atoms with Crippen LogP contribution in [0.1, 0.15) is 23.2 Å². The number of aromatic nitrogens is 2. The van der Waals surface area contributed by atoms with Crippen molar-refractivity contribution >= 4 is 33.7 Å². The molecular formula is C24H27LiN4O5S2. The molecule has 1 atom stereocenters. The summed E-state index contributed by atoms with van der Waals surface area (Å²) in [5, 5.41) is 14.0. The number of imidazole rings is 1. The number of nitrogens with one attached hydrogen (secondary N) is 2. The Bertz CT molecular complexity index is 1240. The van der Waals surface area contributed by atoms with E-state index in [1.807, 2.05) is 10.8 Å². The number of aryl methyl sites for hydroxylation is 1. The van der Waals surface area contributed by atoms with Gasteiger partial charge in [-0.1, -0.05) is 30.3 Å². The van der Waals surface area contributed by atoms with Gasteiger partial charge in [0.25, 0.3) is 5.91 Å². The van der Waals surface area contributed by atoms with E-state index in [4.69, 9.17) is 0 Å². The van der Waals surface area contributed by atoms with Crippen LogP contribution in [0.15, 0.2) is 72.1 Å². The number of hydrogen-bond donors (Lipinski definition) is 2. The Hall–Kier alpha value is -2.55. The van der Waals surface area contributed by atoms with Gasteiger partial charge in [-0.25, -0.2) is 18.1 Å². The molecule has 0 aliphatic carbocycles. The van der Waals surface area contributed by atoms with Crippen LogP contribution in [-0.4, -0.2) is 54.4 Å². The Morgan fingerprint density at radius 1 is 1.17 bits per heavy atom. The van der Waals surface area contributed by atoms with Gasteiger partial charge in [-0.3, -0.25) is 4.79 Å². The number of sulfonamides is 1. The number of carboxylic acids is 1. The Morgan fingerprint density at radius 3 is 2.56 bits per heavy atom. The first kappa shape index (κ1) is 29.7. The third kappa shape index (κ3) is 8.25. The second-order valence-corrected chi connectivity index (χ2v) is 10.5. The van der Waals surface area contributed by atoms with Gasteiger partial charge in [0.1, 0.15) is 0 Å². The summed E-state index contributed by atoms with van der Waals surface area (Å²) in [7, 11) is -3.84. The van der Waals surface area contributed by atoms with E-state index in [0.29, 0.717) is 29.8 Å². The molecule has 0 radical (unpaired) electrons. The molecule has 0 aliphatic heterocycles. The van der Waals surface area contributed by atoms with Gasteiger partial charge in [-0.15, -0.1) is 0 Å². The topological polar surface area (TPSA) is 133 Å². The first-order valence-corrected chi connectivity index (χ1v) is 13.8. The SMILES string of the molecule is CSCC[C@H](NC(=O)c1ccc(S(=O)(=O)NCCCn2ccnc2)cc1-c1ccccc1)C(=O)[O-].[Li+]. The number of aliphatic carboxylic acids is 1. The van der Waals surface area contributed by atoms with Crippen molar-refractivity contribution in [3.8, 4) is 11.1 Å². The summed E-state index contributed by atoms with van der Waals surface area (Å²) in [5.41, 5.74) is 1.18. The zero-order chi connectivity index (χ0) is 25.3. The molecule has 0 aliphatic rings. The fourth-order valence-corrected chi connectivity index (χ4v) is 5.01. The third-order valence-corrected chi connectivity index (χ3v) is 7.38. The monoisotopic (exact) mass is 522 g/mol. The number of nitrogens with zero attached hydrogens (tertiary/aromatic N) is 2. The molecule has 2 N–H and O–H groups in total. The molecular weight excluding hydrogens is 495 g/mol. The second-order valence-electron chi connectivity index (χ2n) is 7.75. The summed E-state index contributed by atoms with van der Waals surface area (Å²) in [6, 6.07) is 11.9. The molecule has 186 valence electrons. The van der Waals surface area contributed by atoms with Gasteiger partial charge in [-0.05, 0) is 54.2 Å². The van der Waals surface area contributed by atoms with E-state index in [9.17, 15) is 23.1 Å². The van der Waals surface area contributed by atoms with Crippen LogP contribution in [0.25, 0.3) is 11.1 Å². The maximum Gasteiger partial charge on any atom is 1.00 e. The maximum absolute atomic E-state index is 13.0. The molecule has 0 unspecified atom stereocenters. The van der Waals surface area contributed by atoms with Crippen molar-refractivity contribution < 1.29 is 42.0 Å². The molecule has 1 amide bonds. The maximum atomic E-state index is 13.0. The Kier molecular flexibility index (Phi) is 11.7. The van der Waals surface area contributed by atoms with Gasteiger partial charge < -0.3 is 19.8 Å². The minimum atomic E-state index is -3.84. The summed E-state index contributed by atoms with van der Waals surface area (Å²) >= 11 is 1.46. The van der Waals surface area contributed by atoms with Crippen LogP contribution in [0, 0.1) is 0 Å². The number of rotatable bonds is 13. The molecule has 2 aromatic carbocycles. The summed E-state index contributed by atoms with van der Waals surface area (Å²) in [4.78, 5) is 28.5. The zero-order valence-electron chi connectivity index (χ0n) is 20.2. The number of amides is 1. The largest absolute Gasteiger partial charge is 1.00 e. The van der Waals surface area contributed by atoms with Crippen molar-refractivity contribution in [3.63, 3.8) is 0 Å². The van der Waals surface area contributed by atoms with Gasteiger partial charge in [0.2, 0.25) is 10.0 Å². The molecule has 0 bridgehead atoms. The van der Waals surface area contributed by atoms with Crippen LogP contribution >= 0.6 is 11.8 Å². The molecule has 0 saturated carbocycles. The fourth-order valence-electron chi connectivity index (χ4n) is 3.44. The van der Waals surface area contributed by atoms with Crippen LogP contribution in [0.5, 0.6) is 0 Å². The molecule has 9 nitrogen and oxygen atoms in total. The molecule has 1 aromatic heterocycles. The van der Waals surface area contributed by atoms with Gasteiger partial charge in [0, 0.05) is 31.0 Å². The van der Waals surface area contributed by atoms with E-state index < -0.39 is 27.9 Å². The van der Waals surface area contributed by atoms with Crippen LogP contribution < -0.4 is 34.0 Å². The fraction of sp³-hybridized carbons (Fsp3) is 0.292. The molecule has 1 heterocycles. The van der Waals surface area contributed by atoms with Crippen molar-refractivity contribution in [2.24, 2.45) is 0 Å². The summed E-state index contributed by atoms with van der Waals surface area (Å²) < 4.78 is 30.3. The van der Waals surface area contributed by atoms with Gasteiger partial charge in [0.05, 0.1) is 23.2 Å². The van der Waals surface area contributed by atoms with Crippen molar-refractivity contribution in [2.75, 3.05) is 18.6 Å². The Balaban J connectivity index is 0.00000456. The van der Waals surface area contributed by atoms with Crippen molar-refractivity contribution in [1.82, 2.24) is 19.6 Å². The van der Waals surface area contributed by atoms with E-state index in [0.717, 1.165) is 0 Å². The van der Waals surface area contributed by atoms with Crippen LogP contribution in [0.2, 0.25) is 0 Å². The van der Waals surface area contributed by atoms with Crippen LogP contribution in [0.4, 0.5) is 0 Å². The Labute approximate surface area is 227 Å². The molecule has 0 saturated heterocycles. The zero-order valence-corrected chi connectivity index (χ0v) is 21.8. The van der Waals surface area contributed by atoms with E-state index >= 15 is 0 Å². The molecule has 0 spiro atoms. The quantitative estimate of drug-likeness (QED) is 0.207. The summed E-state index contributed by atoms with van der Waals surface area (Å²) in [6.45, 7) is 0.846. The molecule has 0 fully saturated rings. The van der Waals surface area contributed by atoms with Crippen molar-refractivity contribution in [2.45, 2.75) is 30.3 Å². The number of carboxylic acid groups (broad SMARTS) is 1. The van der Waals surface area contributed by atoms with Gasteiger partial charge in [0.15, 0.2) is 0 Å². The number of hydrogen-bond acceptors (Lipinski definition) is 7. The normalized spacial score (nSPS) is 11.9. The number of carbonyl (C=O) groups is 2. The second kappa shape index (κ2) is 14.3. The standard InChI is InChI=1S/C24H28N4O5S2.Li/c1-34-15-10-22(24(30)31)27-23(29)20-9-8-19(16-21(20)18-6-3-2-4-7-18)35(32,33)26-11-5-13-28-14-12-25-17-28;/h2-4,6-9,12,14,16-17,22,26H,5,10-11,13,15H2,1H3,(H,27,29)(H,30,31);/q;+1/p-1/t22-;/m0./s1. The van der Waals surface area contributed by atoms with E-state index in [-0.39, 0.29) is 42.3 Å². The first-order chi connectivity index (χ1) is 16.8. The number of carbonyl (C=O) groups excluding carboxylic acids is 2. The first-order valence-electron chi connectivity index (χ1n) is 11.0. The van der Waals surface area contributed by atoms with Crippen molar-refractivity contribution in [3.05, 3.63) is 72.8 Å². The smallest absolute Gasteiger partial charge is 0.548 e. The predicted molar refractivity (Wildman–Crippen MR) is 133 cm³/mol. The predicted octanol–water partition coefficient (Wildman–Crippen LogP) is -1.48. The molecule has 3 aromatic rings. The molecule has 36 heavy (non-hydrogen) atoms. The summed E-state index contributed by atoms with van der Waals surface area (Å²) in [6.07, 6.45) is 7.75. The van der Waals surface area contributed by atoms with Gasteiger partial charge >= 0.3 is 18.9 Å². The Morgan fingerprint density at radius 2 is 1.92 bits per heavy atom. The van der Waals surface area contributed by atoms with E-state index in [2.05, 4.69) is 15.0 Å². The van der Waals surface area contributed by atoms with Crippen molar-refractivity contribution in [1.29, 1.82) is 0 Å². The third-order valence-electron chi connectivity index (χ3n) is 5.28. The van der Waals surface area contributed by atoms with Gasteiger partial charge in [-0.2, -0.15) is 11.8 Å². The minimum absolute atomic E-state index is 0. The number of benzene rings is 2. The van der Waals surface area contributed by atoms with Crippen LogP contribution in [-0.2, 0) is 21.4 Å². The van der Waals surface area contributed by atoms with E-state index in [1.54, 1.807) is 49.1 Å². The molecule has 3 rings (SSSR count). The minimum Gasteiger partial charge on any atom is -0.548 e. The molecule has 12 heteroatoms. The average Bonchev–Trinajstić information content (AvgIpc) is 3.38. The van der Waals surface area contributed by atoms with E-state index in [1.165, 1.54) is 30.0 Å². The summed E-state index contributed by atoms with van der Waals surface area (Å²) in [5.74, 6) is -1.45. The number of thioether (sulfide) groups is 1. The van der Waals surface area contributed by atoms with Crippen LogP contribution in [0.3, 0.4) is 0 Å². The average molecular weight is 523 g/mol.